The van der Waals surface area contributed by atoms with Crippen LogP contribution < -0.4 is 9.68 Å². The van der Waals surface area contributed by atoms with Crippen molar-refractivity contribution in [3.63, 3.8) is 0 Å². The average Bonchev–Trinajstić information content (AvgIpc) is 2.74. The van der Waals surface area contributed by atoms with Crippen LogP contribution in [0.3, 0.4) is 0 Å². The Bertz CT molecular complexity index is 938. The molecule has 2 aliphatic rings. The Morgan fingerprint density at radius 3 is 1.11 bits per heavy atom. The lowest BCUT2D eigenvalue weighted by Gasteiger charge is -2.52. The predicted molar refractivity (Wildman–Crippen MR) is 147 cm³/mol. The first kappa shape index (κ1) is 27.9. The van der Waals surface area contributed by atoms with Crippen LogP contribution in [0.1, 0.15) is 92.2 Å². The predicted octanol–water partition coefficient (Wildman–Crippen LogP) is 5.89. The molecule has 204 valence electrons. The van der Waals surface area contributed by atoms with Gasteiger partial charge in [-0.25, -0.2) is 0 Å². The molecule has 2 N–H and O–H groups in total. The first-order chi connectivity index (χ1) is 17.1. The van der Waals surface area contributed by atoms with Gasteiger partial charge in [0.25, 0.3) is 0 Å². The Hall–Kier alpha value is -2.12. The summed E-state index contributed by atoms with van der Waals surface area (Å²) < 4.78 is 0. The van der Waals surface area contributed by atoms with Gasteiger partial charge in [-0.05, 0) is 123 Å². The van der Waals surface area contributed by atoms with Crippen LogP contribution >= 0.6 is 0 Å². The smallest absolute Gasteiger partial charge is 0.147 e. The molecule has 0 atom stereocenters. The highest BCUT2D eigenvalue weighted by atomic mass is 16.7. The zero-order valence-electron chi connectivity index (χ0n) is 23.9. The van der Waals surface area contributed by atoms with Crippen molar-refractivity contribution in [3.05, 3.63) is 59.7 Å². The molecule has 0 saturated carbocycles. The van der Waals surface area contributed by atoms with E-state index < -0.39 is 0 Å². The lowest BCUT2D eigenvalue weighted by Crippen LogP contribution is -2.63. The van der Waals surface area contributed by atoms with Crippen molar-refractivity contribution >= 4 is 0 Å². The van der Waals surface area contributed by atoms with Gasteiger partial charge in [-0.3, -0.25) is 0 Å². The molecule has 2 saturated heterocycles. The Balaban J connectivity index is 1.39. The summed E-state index contributed by atoms with van der Waals surface area (Å²) in [6.07, 6.45) is 2.93. The third-order valence-corrected chi connectivity index (χ3v) is 7.79. The molecule has 2 aliphatic heterocycles. The summed E-state index contributed by atoms with van der Waals surface area (Å²) in [7, 11) is 0. The van der Waals surface area contributed by atoms with E-state index in [1.807, 2.05) is 34.4 Å². The maximum atomic E-state index is 10.3. The molecule has 0 amide bonds. The van der Waals surface area contributed by atoms with Crippen molar-refractivity contribution in [2.45, 2.75) is 122 Å². The number of aliphatic hydroxyl groups excluding tert-OH is 2. The van der Waals surface area contributed by atoms with E-state index in [2.05, 4.69) is 79.7 Å². The van der Waals surface area contributed by atoms with Crippen molar-refractivity contribution in [2.24, 2.45) is 0 Å². The fourth-order valence-electron chi connectivity index (χ4n) is 6.70. The highest BCUT2D eigenvalue weighted by molar-refractivity contribution is 5.34. The van der Waals surface area contributed by atoms with E-state index in [1.54, 1.807) is 0 Å². The van der Waals surface area contributed by atoms with E-state index in [9.17, 15) is 10.2 Å². The largest absolute Gasteiger partial charge is 0.405 e. The molecule has 0 radical (unpaired) electrons. The summed E-state index contributed by atoms with van der Waals surface area (Å²) in [6, 6.07) is 16.6. The average molecular weight is 511 g/mol. The lowest BCUT2D eigenvalue weighted by atomic mass is 9.80. The number of rotatable bonds is 6. The van der Waals surface area contributed by atoms with Crippen molar-refractivity contribution in [2.75, 3.05) is 0 Å². The van der Waals surface area contributed by atoms with Gasteiger partial charge in [0.2, 0.25) is 0 Å². The van der Waals surface area contributed by atoms with Gasteiger partial charge in [0.1, 0.15) is 11.5 Å². The monoisotopic (exact) mass is 510 g/mol. The number of nitrogens with zero attached hydrogens (tertiary/aromatic N) is 2. The first-order valence-electron chi connectivity index (χ1n) is 13.6. The molecule has 0 aliphatic carbocycles. The van der Waals surface area contributed by atoms with Crippen LogP contribution in [-0.2, 0) is 6.42 Å². The van der Waals surface area contributed by atoms with Gasteiger partial charge in [-0.1, -0.05) is 24.3 Å². The topological polar surface area (TPSA) is 65.4 Å². The minimum absolute atomic E-state index is 0.262. The molecule has 4 rings (SSSR count). The maximum Gasteiger partial charge on any atom is 0.147 e. The molecule has 2 heterocycles. The Labute approximate surface area is 223 Å². The Morgan fingerprint density at radius 2 is 0.838 bits per heavy atom. The summed E-state index contributed by atoms with van der Waals surface area (Å²) >= 11 is 0. The van der Waals surface area contributed by atoms with Gasteiger partial charge in [-0.15, -0.1) is 10.1 Å². The Kier molecular flexibility index (Phi) is 7.45. The molecule has 6 nitrogen and oxygen atoms in total. The SMILES string of the molecule is CC1(C)CC(O)CC(C)(C)N1Oc1ccc(Cc2ccc(ON3C(C)(C)CC(O)CC3(C)C)cc2)cc1. The molecular weight excluding hydrogens is 464 g/mol. The third kappa shape index (κ3) is 6.31. The highest BCUT2D eigenvalue weighted by Gasteiger charge is 2.48. The number of piperidine rings is 2. The van der Waals surface area contributed by atoms with Gasteiger partial charge in [0, 0.05) is 0 Å². The van der Waals surface area contributed by atoms with Crippen LogP contribution in [0.4, 0.5) is 0 Å². The second-order valence-corrected chi connectivity index (χ2v) is 13.6. The van der Waals surface area contributed by atoms with E-state index in [0.29, 0.717) is 25.7 Å². The fraction of sp³-hybridized carbons (Fsp3) is 0.613. The van der Waals surface area contributed by atoms with Crippen molar-refractivity contribution in [1.29, 1.82) is 0 Å². The van der Waals surface area contributed by atoms with Crippen molar-refractivity contribution in [1.82, 2.24) is 10.1 Å². The molecule has 2 aromatic carbocycles. The number of benzene rings is 2. The first-order valence-corrected chi connectivity index (χ1v) is 13.6. The van der Waals surface area contributed by atoms with Crippen LogP contribution in [0.25, 0.3) is 0 Å². The van der Waals surface area contributed by atoms with Crippen molar-refractivity contribution < 1.29 is 19.9 Å². The molecule has 0 bridgehead atoms. The van der Waals surface area contributed by atoms with Gasteiger partial charge in [-0.2, -0.15) is 0 Å². The van der Waals surface area contributed by atoms with Crippen LogP contribution in [0, 0.1) is 0 Å². The second-order valence-electron chi connectivity index (χ2n) is 13.6. The number of aliphatic hydroxyl groups is 2. The van der Waals surface area contributed by atoms with E-state index >= 15 is 0 Å². The fourth-order valence-corrected chi connectivity index (χ4v) is 6.70. The number of hydrogen-bond acceptors (Lipinski definition) is 6. The van der Waals surface area contributed by atoms with Gasteiger partial charge >= 0.3 is 0 Å². The van der Waals surface area contributed by atoms with Gasteiger partial charge in [0.15, 0.2) is 0 Å². The zero-order valence-corrected chi connectivity index (χ0v) is 23.9. The highest BCUT2D eigenvalue weighted by Crippen LogP contribution is 2.40. The van der Waals surface area contributed by atoms with E-state index in [0.717, 1.165) is 17.9 Å². The molecule has 2 aromatic rings. The van der Waals surface area contributed by atoms with E-state index in [-0.39, 0.29) is 34.4 Å². The summed E-state index contributed by atoms with van der Waals surface area (Å²) in [6.45, 7) is 17.0. The molecule has 0 aromatic heterocycles. The summed E-state index contributed by atoms with van der Waals surface area (Å²) in [5.41, 5.74) is 1.37. The third-order valence-electron chi connectivity index (χ3n) is 7.79. The second kappa shape index (κ2) is 9.88. The normalized spacial score (nSPS) is 24.1. The zero-order chi connectivity index (χ0) is 27.2. The quantitative estimate of drug-likeness (QED) is 0.505. The van der Waals surface area contributed by atoms with Gasteiger partial charge < -0.3 is 19.9 Å². The summed E-state index contributed by atoms with van der Waals surface area (Å²) in [5.74, 6) is 1.61. The molecule has 6 heteroatoms. The molecule has 0 unspecified atom stereocenters. The lowest BCUT2D eigenvalue weighted by molar-refractivity contribution is -0.234. The maximum absolute atomic E-state index is 10.3. The Morgan fingerprint density at radius 1 is 0.568 bits per heavy atom. The number of hydroxylamine groups is 4. The minimum atomic E-state index is -0.310. The van der Waals surface area contributed by atoms with Crippen molar-refractivity contribution in [3.8, 4) is 11.5 Å². The molecular formula is C31H46N2O4. The molecule has 37 heavy (non-hydrogen) atoms. The molecule has 2 fully saturated rings. The standard InChI is InChI=1S/C31H46N2O4/c1-28(2)18-24(34)19-29(3,4)32(28)36-26-13-9-22(10-14-26)17-23-11-15-27(16-12-23)37-33-30(5,6)20-25(35)21-31(33,7)8/h9-16,24-25,34-35H,17-21H2,1-8H3. The minimum Gasteiger partial charge on any atom is -0.405 e. The van der Waals surface area contributed by atoms with E-state index in [4.69, 9.17) is 9.68 Å². The number of hydrogen-bond donors (Lipinski definition) is 2. The summed E-state index contributed by atoms with van der Waals surface area (Å²) in [5, 5.41) is 24.7. The van der Waals surface area contributed by atoms with Crippen LogP contribution in [0.5, 0.6) is 11.5 Å². The molecule has 0 spiro atoms. The van der Waals surface area contributed by atoms with Crippen LogP contribution in [0.2, 0.25) is 0 Å². The van der Waals surface area contributed by atoms with Crippen LogP contribution in [0.15, 0.2) is 48.5 Å². The van der Waals surface area contributed by atoms with E-state index in [1.165, 1.54) is 11.1 Å². The summed E-state index contributed by atoms with van der Waals surface area (Å²) in [4.78, 5) is 12.7. The van der Waals surface area contributed by atoms with Crippen LogP contribution in [-0.4, -0.2) is 54.7 Å². The van der Waals surface area contributed by atoms with Gasteiger partial charge in [0.05, 0.1) is 34.4 Å².